The number of hydrogen-bond acceptors (Lipinski definition) is 4. The van der Waals surface area contributed by atoms with E-state index >= 15 is 0 Å². The lowest BCUT2D eigenvalue weighted by Crippen LogP contribution is -2.34. The molecule has 2 heterocycles. The summed E-state index contributed by atoms with van der Waals surface area (Å²) in [4.78, 5) is 23.3. The Balaban J connectivity index is 2.18. The molecule has 1 aromatic heterocycles. The minimum absolute atomic E-state index is 0.104. The van der Waals surface area contributed by atoms with Crippen LogP contribution in [0.25, 0.3) is 0 Å². The van der Waals surface area contributed by atoms with Crippen LogP contribution in [-0.4, -0.2) is 47.5 Å². The van der Waals surface area contributed by atoms with Gasteiger partial charge in [0, 0.05) is 26.3 Å². The molecule has 0 radical (unpaired) electrons. The summed E-state index contributed by atoms with van der Waals surface area (Å²) in [5.74, 6) is 0.816. The molecule has 0 bridgehead atoms. The number of anilines is 1. The fourth-order valence-electron chi connectivity index (χ4n) is 1.68. The van der Waals surface area contributed by atoms with Crippen LogP contribution in [0.15, 0.2) is 12.3 Å². The largest absolute Gasteiger partial charge is 0.347 e. The van der Waals surface area contributed by atoms with Crippen LogP contribution in [0.2, 0.25) is 5.28 Å². The minimum Gasteiger partial charge on any atom is -0.347 e. The lowest BCUT2D eigenvalue weighted by atomic mass is 10.4. The monoisotopic (exact) mass is 240 g/mol. The normalized spacial score (nSPS) is 17.5. The van der Waals surface area contributed by atoms with Crippen LogP contribution in [-0.2, 0) is 4.79 Å². The van der Waals surface area contributed by atoms with Crippen molar-refractivity contribution in [3.8, 4) is 0 Å². The summed E-state index contributed by atoms with van der Waals surface area (Å²) in [6.07, 6.45) is 2.54. The van der Waals surface area contributed by atoms with E-state index in [1.54, 1.807) is 17.2 Å². The Bertz CT molecular complexity index is 398. The summed E-state index contributed by atoms with van der Waals surface area (Å²) in [5.41, 5.74) is 0. The van der Waals surface area contributed by atoms with Crippen LogP contribution in [0.5, 0.6) is 0 Å². The highest BCUT2D eigenvalue weighted by Gasteiger charge is 2.19. The first kappa shape index (κ1) is 11.1. The standard InChI is InChI=1S/C10H13ClN4O/c1-14-5-2-6-15(7-9(14)16)8-3-4-12-10(11)13-8/h3-4H,2,5-7H2,1H3. The van der Waals surface area contributed by atoms with Gasteiger partial charge in [0.05, 0.1) is 6.54 Å². The van der Waals surface area contributed by atoms with Crippen molar-refractivity contribution in [1.82, 2.24) is 14.9 Å². The molecule has 1 saturated heterocycles. The molecular weight excluding hydrogens is 228 g/mol. The summed E-state index contributed by atoms with van der Waals surface area (Å²) < 4.78 is 0. The molecule has 86 valence electrons. The molecule has 0 spiro atoms. The van der Waals surface area contributed by atoms with Gasteiger partial charge in [-0.2, -0.15) is 0 Å². The van der Waals surface area contributed by atoms with Gasteiger partial charge >= 0.3 is 0 Å². The van der Waals surface area contributed by atoms with E-state index in [0.29, 0.717) is 12.4 Å². The molecule has 1 aliphatic heterocycles. The van der Waals surface area contributed by atoms with Crippen molar-refractivity contribution in [1.29, 1.82) is 0 Å². The van der Waals surface area contributed by atoms with Crippen molar-refractivity contribution >= 4 is 23.3 Å². The number of carbonyl (C=O) groups is 1. The summed E-state index contributed by atoms with van der Waals surface area (Å²) >= 11 is 5.73. The summed E-state index contributed by atoms with van der Waals surface area (Å²) in [5, 5.41) is 0.211. The summed E-state index contributed by atoms with van der Waals surface area (Å²) in [6.45, 7) is 1.95. The maximum absolute atomic E-state index is 11.7. The first-order chi connectivity index (χ1) is 7.66. The number of halogens is 1. The van der Waals surface area contributed by atoms with Crippen LogP contribution in [0.4, 0.5) is 5.82 Å². The van der Waals surface area contributed by atoms with E-state index < -0.39 is 0 Å². The van der Waals surface area contributed by atoms with Gasteiger partial charge in [-0.15, -0.1) is 0 Å². The van der Waals surface area contributed by atoms with Crippen LogP contribution in [0.3, 0.4) is 0 Å². The molecule has 0 aromatic carbocycles. The Morgan fingerprint density at radius 2 is 2.25 bits per heavy atom. The van der Waals surface area contributed by atoms with Gasteiger partial charge in [0.1, 0.15) is 5.82 Å². The summed E-state index contributed by atoms with van der Waals surface area (Å²) in [7, 11) is 1.82. The van der Waals surface area contributed by atoms with E-state index in [4.69, 9.17) is 11.6 Å². The van der Waals surface area contributed by atoms with Crippen molar-refractivity contribution < 1.29 is 4.79 Å². The Labute approximate surface area is 99.0 Å². The average molecular weight is 241 g/mol. The molecule has 2 rings (SSSR count). The van der Waals surface area contributed by atoms with Crippen molar-refractivity contribution in [2.45, 2.75) is 6.42 Å². The molecular formula is C10H13ClN4O. The van der Waals surface area contributed by atoms with Gasteiger partial charge < -0.3 is 9.80 Å². The third-order valence-corrected chi connectivity index (χ3v) is 2.79. The predicted molar refractivity (Wildman–Crippen MR) is 61.5 cm³/mol. The van der Waals surface area contributed by atoms with Crippen molar-refractivity contribution in [2.24, 2.45) is 0 Å². The smallest absolute Gasteiger partial charge is 0.241 e. The van der Waals surface area contributed by atoms with Crippen molar-refractivity contribution in [2.75, 3.05) is 31.6 Å². The van der Waals surface area contributed by atoms with Crippen LogP contribution in [0.1, 0.15) is 6.42 Å². The van der Waals surface area contributed by atoms with Gasteiger partial charge in [0.25, 0.3) is 0 Å². The molecule has 0 atom stereocenters. The second-order valence-electron chi connectivity index (χ2n) is 3.77. The van der Waals surface area contributed by atoms with Crippen molar-refractivity contribution in [3.63, 3.8) is 0 Å². The topological polar surface area (TPSA) is 49.3 Å². The average Bonchev–Trinajstić information content (AvgIpc) is 2.42. The number of likely N-dealkylation sites (N-methyl/N-ethyl adjacent to an activating group) is 1. The Kier molecular flexibility index (Phi) is 3.24. The van der Waals surface area contributed by atoms with E-state index in [0.717, 1.165) is 19.5 Å². The maximum atomic E-state index is 11.7. The first-order valence-electron chi connectivity index (χ1n) is 5.14. The number of amides is 1. The maximum Gasteiger partial charge on any atom is 0.241 e. The molecule has 1 fully saturated rings. The predicted octanol–water partition coefficient (Wildman–Crippen LogP) is 0.798. The van der Waals surface area contributed by atoms with Crippen LogP contribution >= 0.6 is 11.6 Å². The zero-order valence-electron chi connectivity index (χ0n) is 9.06. The third-order valence-electron chi connectivity index (χ3n) is 2.61. The minimum atomic E-state index is 0.104. The van der Waals surface area contributed by atoms with Gasteiger partial charge in [-0.05, 0) is 24.1 Å². The van der Waals surface area contributed by atoms with Crippen molar-refractivity contribution in [3.05, 3.63) is 17.5 Å². The van der Waals surface area contributed by atoms with Gasteiger partial charge in [-0.25, -0.2) is 9.97 Å². The number of nitrogens with zero attached hydrogens (tertiary/aromatic N) is 4. The van der Waals surface area contributed by atoms with Crippen LogP contribution < -0.4 is 4.90 Å². The third kappa shape index (κ3) is 2.41. The Morgan fingerprint density at radius 1 is 1.44 bits per heavy atom. The number of carbonyl (C=O) groups excluding carboxylic acids is 1. The lowest BCUT2D eigenvalue weighted by molar-refractivity contribution is -0.127. The molecule has 0 saturated carbocycles. The fourth-order valence-corrected chi connectivity index (χ4v) is 1.83. The molecule has 1 aliphatic rings. The Morgan fingerprint density at radius 3 is 3.00 bits per heavy atom. The number of aromatic nitrogens is 2. The zero-order valence-corrected chi connectivity index (χ0v) is 9.81. The van der Waals surface area contributed by atoms with Crippen LogP contribution in [0, 0.1) is 0 Å². The lowest BCUT2D eigenvalue weighted by Gasteiger charge is -2.20. The molecule has 0 aliphatic carbocycles. The Hall–Kier alpha value is -1.36. The van der Waals surface area contributed by atoms with E-state index in [1.165, 1.54) is 0 Å². The second kappa shape index (κ2) is 4.65. The second-order valence-corrected chi connectivity index (χ2v) is 4.11. The van der Waals surface area contributed by atoms with E-state index in [1.807, 2.05) is 11.9 Å². The summed E-state index contributed by atoms with van der Waals surface area (Å²) in [6, 6.07) is 1.77. The number of hydrogen-bond donors (Lipinski definition) is 0. The number of rotatable bonds is 1. The highest BCUT2D eigenvalue weighted by molar-refractivity contribution is 6.28. The fraction of sp³-hybridized carbons (Fsp3) is 0.500. The van der Waals surface area contributed by atoms with Gasteiger partial charge in [-0.1, -0.05) is 0 Å². The highest BCUT2D eigenvalue weighted by Crippen LogP contribution is 2.14. The van der Waals surface area contributed by atoms with Gasteiger partial charge in [0.2, 0.25) is 11.2 Å². The van der Waals surface area contributed by atoms with Gasteiger partial charge in [0.15, 0.2) is 0 Å². The first-order valence-corrected chi connectivity index (χ1v) is 5.52. The molecule has 0 unspecified atom stereocenters. The SMILES string of the molecule is CN1CCCN(c2ccnc(Cl)n2)CC1=O. The van der Waals surface area contributed by atoms with E-state index in [2.05, 4.69) is 9.97 Å². The highest BCUT2D eigenvalue weighted by atomic mass is 35.5. The molecule has 5 nitrogen and oxygen atoms in total. The molecule has 6 heteroatoms. The molecule has 16 heavy (non-hydrogen) atoms. The zero-order chi connectivity index (χ0) is 11.5. The molecule has 1 aromatic rings. The van der Waals surface area contributed by atoms with Gasteiger partial charge in [-0.3, -0.25) is 4.79 Å². The molecule has 0 N–H and O–H groups in total. The van der Waals surface area contributed by atoms with E-state index in [9.17, 15) is 4.79 Å². The molecule has 1 amide bonds. The van der Waals surface area contributed by atoms with E-state index in [-0.39, 0.29) is 11.2 Å². The quantitative estimate of drug-likeness (QED) is 0.682.